The highest BCUT2D eigenvalue weighted by atomic mass is 16.5. The van der Waals surface area contributed by atoms with Crippen LogP contribution in [0.4, 0.5) is 5.69 Å². The third-order valence-corrected chi connectivity index (χ3v) is 3.72. The highest BCUT2D eigenvalue weighted by Gasteiger charge is 2.17. The maximum absolute atomic E-state index is 10.7. The predicted molar refractivity (Wildman–Crippen MR) is 85.3 cm³/mol. The van der Waals surface area contributed by atoms with Gasteiger partial charge in [-0.3, -0.25) is 4.79 Å². The average molecular weight is 288 g/mol. The molecule has 4 nitrogen and oxygen atoms in total. The topological polar surface area (TPSA) is 64.3 Å². The minimum Gasteiger partial charge on any atom is -0.484 e. The fraction of sp³-hybridized carbons (Fsp3) is 0.471. The molecule has 2 rings (SSSR count). The van der Waals surface area contributed by atoms with Crippen LogP contribution in [0.25, 0.3) is 0 Å². The summed E-state index contributed by atoms with van der Waals surface area (Å²) in [5.41, 5.74) is 7.61. The Bertz CT molecular complexity index is 508. The van der Waals surface area contributed by atoms with Crippen molar-refractivity contribution in [2.24, 2.45) is 17.6 Å². The number of hydrogen-bond acceptors (Lipinski definition) is 3. The Morgan fingerprint density at radius 2 is 2.10 bits per heavy atom. The number of carbonyl (C=O) groups excluding carboxylic acids is 1. The number of hydrogen-bond donors (Lipinski definition) is 2. The molecule has 1 amide bonds. The largest absolute Gasteiger partial charge is 0.484 e. The van der Waals surface area contributed by atoms with Crippen LogP contribution >= 0.6 is 0 Å². The summed E-state index contributed by atoms with van der Waals surface area (Å²) in [5.74, 6) is 1.56. The molecule has 21 heavy (non-hydrogen) atoms. The Labute approximate surface area is 126 Å². The summed E-state index contributed by atoms with van der Waals surface area (Å²) in [4.78, 5) is 10.7. The number of anilines is 1. The molecule has 0 aliphatic heterocycles. The van der Waals surface area contributed by atoms with E-state index >= 15 is 0 Å². The van der Waals surface area contributed by atoms with Crippen LogP contribution in [0.1, 0.15) is 26.7 Å². The van der Waals surface area contributed by atoms with Crippen LogP contribution in [0.3, 0.4) is 0 Å². The Hall–Kier alpha value is -1.97. The van der Waals surface area contributed by atoms with Gasteiger partial charge in [0.25, 0.3) is 5.91 Å². The molecule has 0 bridgehead atoms. The van der Waals surface area contributed by atoms with Gasteiger partial charge in [-0.15, -0.1) is 0 Å². The number of carbonyl (C=O) groups is 1. The summed E-state index contributed by atoms with van der Waals surface area (Å²) in [6.07, 6.45) is 4.79. The van der Waals surface area contributed by atoms with Gasteiger partial charge in [-0.2, -0.15) is 0 Å². The molecule has 4 heteroatoms. The lowest BCUT2D eigenvalue weighted by atomic mass is 9.84. The zero-order chi connectivity index (χ0) is 15.2. The molecule has 1 aromatic carbocycles. The van der Waals surface area contributed by atoms with Crippen molar-refractivity contribution in [2.75, 3.05) is 18.5 Å². The van der Waals surface area contributed by atoms with E-state index in [4.69, 9.17) is 10.5 Å². The molecule has 0 saturated heterocycles. The standard InChI is InChI=1S/C17H24N2O2/c1-12-7-13(2)9-14(8-12)10-19-15-3-5-16(6-4-15)21-11-17(18)20/h3-7,12,14,19H,8-11H2,1-2H3,(H2,18,20). The van der Waals surface area contributed by atoms with E-state index in [-0.39, 0.29) is 6.61 Å². The number of amides is 1. The lowest BCUT2D eigenvalue weighted by molar-refractivity contribution is -0.119. The van der Waals surface area contributed by atoms with E-state index in [9.17, 15) is 4.79 Å². The third-order valence-electron chi connectivity index (χ3n) is 3.72. The summed E-state index contributed by atoms with van der Waals surface area (Å²) in [7, 11) is 0. The van der Waals surface area contributed by atoms with Crippen LogP contribution in [-0.2, 0) is 4.79 Å². The van der Waals surface area contributed by atoms with E-state index in [1.54, 1.807) is 0 Å². The van der Waals surface area contributed by atoms with Crippen molar-refractivity contribution >= 4 is 11.6 Å². The predicted octanol–water partition coefficient (Wildman–Crippen LogP) is 2.96. The molecule has 114 valence electrons. The second-order valence-electron chi connectivity index (χ2n) is 5.96. The molecule has 1 aliphatic carbocycles. The van der Waals surface area contributed by atoms with Crippen molar-refractivity contribution in [3.63, 3.8) is 0 Å². The highest BCUT2D eigenvalue weighted by molar-refractivity contribution is 5.75. The monoisotopic (exact) mass is 288 g/mol. The van der Waals surface area contributed by atoms with Gasteiger partial charge in [-0.1, -0.05) is 18.6 Å². The number of primary amides is 1. The molecule has 0 heterocycles. The summed E-state index contributed by atoms with van der Waals surface area (Å²) in [6.45, 7) is 5.39. The van der Waals surface area contributed by atoms with Crippen LogP contribution in [0.15, 0.2) is 35.9 Å². The van der Waals surface area contributed by atoms with E-state index in [0.29, 0.717) is 17.6 Å². The van der Waals surface area contributed by atoms with Crippen LogP contribution in [0.5, 0.6) is 5.75 Å². The lowest BCUT2D eigenvalue weighted by Crippen LogP contribution is -2.20. The zero-order valence-electron chi connectivity index (χ0n) is 12.8. The number of nitrogens with one attached hydrogen (secondary N) is 1. The summed E-state index contributed by atoms with van der Waals surface area (Å²) in [5, 5.41) is 3.47. The van der Waals surface area contributed by atoms with Gasteiger partial charge in [0.1, 0.15) is 5.75 Å². The molecule has 0 spiro atoms. The molecular formula is C17H24N2O2. The van der Waals surface area contributed by atoms with Crippen molar-refractivity contribution in [1.29, 1.82) is 0 Å². The minimum atomic E-state index is -0.466. The SMILES string of the molecule is CC1=CC(C)CC(CNc2ccc(OCC(N)=O)cc2)C1. The average Bonchev–Trinajstić information content (AvgIpc) is 2.43. The van der Waals surface area contributed by atoms with Crippen LogP contribution in [-0.4, -0.2) is 19.1 Å². The van der Waals surface area contributed by atoms with E-state index in [2.05, 4.69) is 25.2 Å². The second-order valence-corrected chi connectivity index (χ2v) is 5.96. The van der Waals surface area contributed by atoms with Gasteiger partial charge in [-0.05, 0) is 55.9 Å². The lowest BCUT2D eigenvalue weighted by Gasteiger charge is -2.26. The number of allylic oxidation sites excluding steroid dienone is 2. The Balaban J connectivity index is 1.81. The third kappa shape index (κ3) is 5.14. The first-order valence-corrected chi connectivity index (χ1v) is 7.45. The van der Waals surface area contributed by atoms with E-state index < -0.39 is 5.91 Å². The Morgan fingerprint density at radius 3 is 2.71 bits per heavy atom. The van der Waals surface area contributed by atoms with Crippen LogP contribution < -0.4 is 15.8 Å². The van der Waals surface area contributed by atoms with Gasteiger partial charge in [0.2, 0.25) is 0 Å². The first kappa shape index (κ1) is 15.4. The fourth-order valence-electron chi connectivity index (χ4n) is 2.93. The molecule has 3 N–H and O–H groups in total. The molecular weight excluding hydrogens is 264 g/mol. The van der Waals surface area contributed by atoms with Crippen LogP contribution in [0.2, 0.25) is 0 Å². The molecule has 1 aliphatic rings. The van der Waals surface area contributed by atoms with Gasteiger partial charge in [0.05, 0.1) is 0 Å². The molecule has 1 aromatic rings. The molecule has 2 atom stereocenters. The highest BCUT2D eigenvalue weighted by Crippen LogP contribution is 2.28. The maximum atomic E-state index is 10.7. The van der Waals surface area contributed by atoms with Crippen molar-refractivity contribution in [2.45, 2.75) is 26.7 Å². The van der Waals surface area contributed by atoms with Crippen molar-refractivity contribution < 1.29 is 9.53 Å². The Kier molecular flexibility index (Phi) is 5.26. The quantitative estimate of drug-likeness (QED) is 0.791. The van der Waals surface area contributed by atoms with Crippen molar-refractivity contribution in [3.05, 3.63) is 35.9 Å². The van der Waals surface area contributed by atoms with Gasteiger partial charge in [0, 0.05) is 12.2 Å². The molecule has 0 saturated carbocycles. The van der Waals surface area contributed by atoms with E-state index in [1.165, 1.54) is 18.4 Å². The maximum Gasteiger partial charge on any atom is 0.255 e. The normalized spacial score (nSPS) is 21.5. The number of ether oxygens (including phenoxy) is 1. The van der Waals surface area contributed by atoms with Crippen molar-refractivity contribution in [1.82, 2.24) is 0 Å². The van der Waals surface area contributed by atoms with Gasteiger partial charge in [0.15, 0.2) is 6.61 Å². The smallest absolute Gasteiger partial charge is 0.255 e. The zero-order valence-corrected chi connectivity index (χ0v) is 12.8. The van der Waals surface area contributed by atoms with Crippen LogP contribution in [0, 0.1) is 11.8 Å². The van der Waals surface area contributed by atoms with Gasteiger partial charge >= 0.3 is 0 Å². The fourth-order valence-corrected chi connectivity index (χ4v) is 2.93. The van der Waals surface area contributed by atoms with E-state index in [1.807, 2.05) is 24.3 Å². The van der Waals surface area contributed by atoms with Crippen molar-refractivity contribution in [3.8, 4) is 5.75 Å². The first-order chi connectivity index (χ1) is 10.0. The summed E-state index contributed by atoms with van der Waals surface area (Å²) in [6, 6.07) is 7.62. The van der Waals surface area contributed by atoms with E-state index in [0.717, 1.165) is 12.2 Å². The summed E-state index contributed by atoms with van der Waals surface area (Å²) < 4.78 is 5.24. The first-order valence-electron chi connectivity index (χ1n) is 7.45. The Morgan fingerprint density at radius 1 is 1.38 bits per heavy atom. The minimum absolute atomic E-state index is 0.0850. The second kappa shape index (κ2) is 7.16. The number of benzene rings is 1. The summed E-state index contributed by atoms with van der Waals surface area (Å²) >= 11 is 0. The van der Waals surface area contributed by atoms with Gasteiger partial charge in [-0.25, -0.2) is 0 Å². The molecule has 2 unspecified atom stereocenters. The molecule has 0 radical (unpaired) electrons. The molecule has 0 aromatic heterocycles. The molecule has 0 fully saturated rings. The number of rotatable bonds is 6. The van der Waals surface area contributed by atoms with Gasteiger partial charge < -0.3 is 15.8 Å². The number of nitrogens with two attached hydrogens (primary N) is 1.